The lowest BCUT2D eigenvalue weighted by Crippen LogP contribution is -2.08. The van der Waals surface area contributed by atoms with Crippen molar-refractivity contribution in [2.45, 2.75) is 13.8 Å². The molecule has 0 aliphatic heterocycles. The number of hydrogen-bond acceptors (Lipinski definition) is 3. The lowest BCUT2D eigenvalue weighted by atomic mass is 10.1. The molecule has 5 nitrogen and oxygen atoms in total. The van der Waals surface area contributed by atoms with Crippen LogP contribution in [0.4, 0.5) is 11.4 Å². The fourth-order valence-corrected chi connectivity index (χ4v) is 2.36. The zero-order valence-corrected chi connectivity index (χ0v) is 13.4. The summed E-state index contributed by atoms with van der Waals surface area (Å²) in [5, 5.41) is 13.7. The van der Waals surface area contributed by atoms with E-state index in [1.54, 1.807) is 6.07 Å². The van der Waals surface area contributed by atoms with E-state index in [2.05, 4.69) is 5.32 Å². The minimum atomic E-state index is -0.560. The predicted octanol–water partition coefficient (Wildman–Crippen LogP) is 4.52. The van der Waals surface area contributed by atoms with Gasteiger partial charge in [-0.15, -0.1) is 0 Å². The number of nitro groups is 1. The second-order valence-corrected chi connectivity index (χ2v) is 5.57. The fourth-order valence-electron chi connectivity index (χ4n) is 2.18. The van der Waals surface area contributed by atoms with Crippen LogP contribution in [0.2, 0.25) is 5.02 Å². The average Bonchev–Trinajstić information content (AvgIpc) is 2.45. The maximum atomic E-state index is 11.9. The molecule has 0 saturated carbocycles. The van der Waals surface area contributed by atoms with Crippen LogP contribution < -0.4 is 5.32 Å². The summed E-state index contributed by atoms with van der Waals surface area (Å²) in [4.78, 5) is 22.2. The highest BCUT2D eigenvalue weighted by molar-refractivity contribution is 6.32. The molecule has 0 atom stereocenters. The second-order valence-electron chi connectivity index (χ2n) is 5.17. The summed E-state index contributed by atoms with van der Waals surface area (Å²) in [6, 6.07) is 10.1. The molecule has 0 aliphatic rings. The number of carbonyl (C=O) groups is 1. The normalized spacial score (nSPS) is 10.7. The van der Waals surface area contributed by atoms with Crippen LogP contribution in [0.3, 0.4) is 0 Å². The predicted molar refractivity (Wildman–Crippen MR) is 91.7 cm³/mol. The van der Waals surface area contributed by atoms with Crippen LogP contribution in [-0.2, 0) is 4.79 Å². The highest BCUT2D eigenvalue weighted by atomic mass is 35.5. The molecule has 2 aromatic carbocycles. The first-order valence-corrected chi connectivity index (χ1v) is 7.24. The van der Waals surface area contributed by atoms with E-state index in [4.69, 9.17) is 11.6 Å². The number of nitro benzene ring substituents is 1. The number of amides is 1. The van der Waals surface area contributed by atoms with Crippen LogP contribution in [0.25, 0.3) is 6.08 Å². The summed E-state index contributed by atoms with van der Waals surface area (Å²) < 4.78 is 0. The molecule has 0 aromatic heterocycles. The van der Waals surface area contributed by atoms with Crippen molar-refractivity contribution in [3.63, 3.8) is 0 Å². The first kappa shape index (κ1) is 16.7. The number of benzene rings is 2. The molecule has 1 N–H and O–H groups in total. The summed E-state index contributed by atoms with van der Waals surface area (Å²) >= 11 is 5.75. The summed E-state index contributed by atoms with van der Waals surface area (Å²) in [7, 11) is 0. The molecule has 0 fully saturated rings. The van der Waals surface area contributed by atoms with Gasteiger partial charge in [-0.2, -0.15) is 0 Å². The van der Waals surface area contributed by atoms with Gasteiger partial charge in [-0.1, -0.05) is 23.7 Å². The molecule has 0 bridgehead atoms. The summed E-state index contributed by atoms with van der Waals surface area (Å²) in [6.45, 7) is 3.90. The fraction of sp³-hybridized carbons (Fsp3) is 0.118. The summed E-state index contributed by atoms with van der Waals surface area (Å²) in [6.07, 6.45) is 2.83. The van der Waals surface area contributed by atoms with Crippen molar-refractivity contribution in [1.29, 1.82) is 0 Å². The van der Waals surface area contributed by atoms with E-state index in [-0.39, 0.29) is 16.6 Å². The van der Waals surface area contributed by atoms with Crippen molar-refractivity contribution in [3.05, 3.63) is 74.3 Å². The van der Waals surface area contributed by atoms with Gasteiger partial charge in [0, 0.05) is 17.8 Å². The van der Waals surface area contributed by atoms with Crippen LogP contribution in [-0.4, -0.2) is 10.8 Å². The van der Waals surface area contributed by atoms with Crippen LogP contribution in [0.5, 0.6) is 0 Å². The minimum absolute atomic E-state index is 0.0619. The Kier molecular flexibility index (Phi) is 5.13. The van der Waals surface area contributed by atoms with E-state index in [0.717, 1.165) is 11.1 Å². The van der Waals surface area contributed by atoms with E-state index >= 15 is 0 Å². The smallest absolute Gasteiger partial charge is 0.288 e. The summed E-state index contributed by atoms with van der Waals surface area (Å²) in [5.74, 6) is -0.312. The van der Waals surface area contributed by atoms with E-state index in [1.807, 2.05) is 32.0 Å². The third kappa shape index (κ3) is 4.66. The monoisotopic (exact) mass is 330 g/mol. The van der Waals surface area contributed by atoms with Gasteiger partial charge in [0.15, 0.2) is 0 Å². The van der Waals surface area contributed by atoms with E-state index in [9.17, 15) is 14.9 Å². The zero-order valence-electron chi connectivity index (χ0n) is 12.7. The molecule has 118 valence electrons. The molecule has 0 aliphatic carbocycles. The summed E-state index contributed by atoms with van der Waals surface area (Å²) in [5.41, 5.74) is 3.15. The molecule has 2 rings (SSSR count). The topological polar surface area (TPSA) is 72.2 Å². The molecular formula is C17H15ClN2O3. The molecule has 1 amide bonds. The van der Waals surface area contributed by atoms with Crippen LogP contribution in [0.15, 0.2) is 42.5 Å². The maximum Gasteiger partial charge on any atom is 0.288 e. The van der Waals surface area contributed by atoms with Gasteiger partial charge in [-0.25, -0.2) is 0 Å². The lowest BCUT2D eigenvalue weighted by molar-refractivity contribution is -0.384. The Bertz CT molecular complexity index is 780. The Balaban J connectivity index is 2.12. The highest BCUT2D eigenvalue weighted by Crippen LogP contribution is 2.25. The largest absolute Gasteiger partial charge is 0.322 e. The molecule has 0 spiro atoms. The zero-order chi connectivity index (χ0) is 17.0. The second kappa shape index (κ2) is 7.07. The van der Waals surface area contributed by atoms with Gasteiger partial charge in [-0.05, 0) is 54.8 Å². The molecule has 0 heterocycles. The lowest BCUT2D eigenvalue weighted by Gasteiger charge is -2.05. The van der Waals surface area contributed by atoms with Crippen molar-refractivity contribution < 1.29 is 9.72 Å². The minimum Gasteiger partial charge on any atom is -0.322 e. The molecule has 2 aromatic rings. The molecule has 0 unspecified atom stereocenters. The number of nitrogens with zero attached hydrogens (tertiary/aromatic N) is 1. The molecule has 0 saturated heterocycles. The van der Waals surface area contributed by atoms with Crippen molar-refractivity contribution in [2.24, 2.45) is 0 Å². The molecule has 6 heteroatoms. The Morgan fingerprint density at radius 3 is 2.43 bits per heavy atom. The number of halogens is 1. The number of aryl methyl sites for hydroxylation is 2. The van der Waals surface area contributed by atoms with Crippen LogP contribution >= 0.6 is 11.6 Å². The van der Waals surface area contributed by atoms with Gasteiger partial charge in [0.1, 0.15) is 5.02 Å². The van der Waals surface area contributed by atoms with Gasteiger partial charge in [0.2, 0.25) is 5.91 Å². The molecular weight excluding hydrogens is 316 g/mol. The Morgan fingerprint density at radius 1 is 1.17 bits per heavy atom. The van der Waals surface area contributed by atoms with Gasteiger partial charge in [0.05, 0.1) is 4.92 Å². The number of nitrogens with one attached hydrogen (secondary N) is 1. The highest BCUT2D eigenvalue weighted by Gasteiger charge is 2.11. The first-order chi connectivity index (χ1) is 10.8. The van der Waals surface area contributed by atoms with E-state index < -0.39 is 4.92 Å². The van der Waals surface area contributed by atoms with Crippen molar-refractivity contribution >= 4 is 35.0 Å². The van der Waals surface area contributed by atoms with E-state index in [1.165, 1.54) is 24.3 Å². The maximum absolute atomic E-state index is 11.9. The molecule has 23 heavy (non-hydrogen) atoms. The van der Waals surface area contributed by atoms with Crippen molar-refractivity contribution in [1.82, 2.24) is 0 Å². The van der Waals surface area contributed by atoms with Gasteiger partial charge >= 0.3 is 0 Å². The van der Waals surface area contributed by atoms with Crippen molar-refractivity contribution in [2.75, 3.05) is 5.32 Å². The number of rotatable bonds is 4. The third-order valence-corrected chi connectivity index (χ3v) is 3.40. The Labute approximate surface area is 138 Å². The molecule has 0 radical (unpaired) electrons. The van der Waals surface area contributed by atoms with Crippen molar-refractivity contribution in [3.8, 4) is 0 Å². The number of hydrogen-bond donors (Lipinski definition) is 1. The van der Waals surface area contributed by atoms with Gasteiger partial charge in [0.25, 0.3) is 5.69 Å². The Morgan fingerprint density at radius 2 is 1.83 bits per heavy atom. The van der Waals surface area contributed by atoms with Crippen LogP contribution in [0, 0.1) is 24.0 Å². The third-order valence-electron chi connectivity index (χ3n) is 3.08. The van der Waals surface area contributed by atoms with Crippen LogP contribution in [0.1, 0.15) is 16.7 Å². The van der Waals surface area contributed by atoms with Gasteiger partial charge in [-0.3, -0.25) is 14.9 Å². The standard InChI is InChI=1S/C17H15ClN2O3/c1-11-7-12(2)9-14(8-11)19-17(21)6-4-13-3-5-15(18)16(10-13)20(22)23/h3-10H,1-2H3,(H,19,21). The quantitative estimate of drug-likeness (QED) is 0.509. The SMILES string of the molecule is Cc1cc(C)cc(NC(=O)C=Cc2ccc(Cl)c([N+](=O)[O-])c2)c1. The number of anilines is 1. The number of carbonyl (C=O) groups excluding carboxylic acids is 1. The van der Waals surface area contributed by atoms with Gasteiger partial charge < -0.3 is 5.32 Å². The first-order valence-electron chi connectivity index (χ1n) is 6.86. The van der Waals surface area contributed by atoms with E-state index in [0.29, 0.717) is 11.3 Å². The Hall–Kier alpha value is -2.66. The average molecular weight is 331 g/mol.